The average molecular weight is 302 g/mol. The molecule has 5 heteroatoms. The van der Waals surface area contributed by atoms with E-state index in [1.54, 1.807) is 4.31 Å². The van der Waals surface area contributed by atoms with Gasteiger partial charge in [-0.3, -0.25) is 0 Å². The molecule has 1 N–H and O–H groups in total. The third-order valence-electron chi connectivity index (χ3n) is 4.68. The Labute approximate surface area is 124 Å². The van der Waals surface area contributed by atoms with Crippen LogP contribution >= 0.6 is 0 Å². The quantitative estimate of drug-likeness (QED) is 0.748. The Balaban J connectivity index is 1.77. The van der Waals surface area contributed by atoms with Gasteiger partial charge >= 0.3 is 0 Å². The van der Waals surface area contributed by atoms with Gasteiger partial charge in [0.05, 0.1) is 6.26 Å². The first-order chi connectivity index (χ1) is 9.50. The third kappa shape index (κ3) is 5.01. The Morgan fingerprint density at radius 1 is 1.30 bits per heavy atom. The predicted molar refractivity (Wildman–Crippen MR) is 83.2 cm³/mol. The number of rotatable bonds is 8. The molecule has 0 aromatic carbocycles. The van der Waals surface area contributed by atoms with Crippen LogP contribution in [0.2, 0.25) is 0 Å². The maximum absolute atomic E-state index is 11.6. The van der Waals surface area contributed by atoms with Crippen molar-refractivity contribution >= 4 is 10.0 Å². The lowest BCUT2D eigenvalue weighted by molar-refractivity contribution is 0.243. The van der Waals surface area contributed by atoms with Crippen LogP contribution in [0.25, 0.3) is 0 Å². The van der Waals surface area contributed by atoms with E-state index in [0.717, 1.165) is 32.0 Å². The monoisotopic (exact) mass is 302 g/mol. The van der Waals surface area contributed by atoms with Crippen molar-refractivity contribution in [2.24, 2.45) is 11.8 Å². The Bertz CT molecular complexity index is 393. The van der Waals surface area contributed by atoms with Gasteiger partial charge in [0, 0.05) is 19.1 Å². The molecule has 1 saturated heterocycles. The summed E-state index contributed by atoms with van der Waals surface area (Å²) in [5.74, 6) is 1.44. The molecule has 4 nitrogen and oxygen atoms in total. The van der Waals surface area contributed by atoms with Crippen molar-refractivity contribution < 1.29 is 8.42 Å². The van der Waals surface area contributed by atoms with E-state index in [1.165, 1.54) is 44.8 Å². The van der Waals surface area contributed by atoms with Crippen LogP contribution in [0.1, 0.15) is 51.9 Å². The third-order valence-corrected chi connectivity index (χ3v) is 5.95. The summed E-state index contributed by atoms with van der Waals surface area (Å²) in [5.41, 5.74) is 0. The van der Waals surface area contributed by atoms with Gasteiger partial charge in [-0.15, -0.1) is 0 Å². The minimum absolute atomic E-state index is 0.558. The maximum Gasteiger partial charge on any atom is 0.211 e. The van der Waals surface area contributed by atoms with Crippen molar-refractivity contribution in [1.82, 2.24) is 9.62 Å². The molecule has 2 aliphatic rings. The average Bonchev–Trinajstić information content (AvgIpc) is 3.23. The fourth-order valence-electron chi connectivity index (χ4n) is 3.31. The minimum Gasteiger partial charge on any atom is -0.314 e. The van der Waals surface area contributed by atoms with Crippen molar-refractivity contribution in [1.29, 1.82) is 0 Å². The Morgan fingerprint density at radius 2 is 2.05 bits per heavy atom. The molecule has 0 amide bonds. The molecule has 1 aliphatic carbocycles. The fourth-order valence-corrected chi connectivity index (χ4v) is 4.25. The molecule has 1 heterocycles. The molecule has 0 spiro atoms. The molecule has 2 atom stereocenters. The topological polar surface area (TPSA) is 49.4 Å². The second-order valence-electron chi connectivity index (χ2n) is 6.60. The van der Waals surface area contributed by atoms with Crippen molar-refractivity contribution in [3.05, 3.63) is 0 Å². The first-order valence-corrected chi connectivity index (χ1v) is 10.0. The highest BCUT2D eigenvalue weighted by atomic mass is 32.2. The molecular weight excluding hydrogens is 272 g/mol. The summed E-state index contributed by atoms with van der Waals surface area (Å²) in [4.78, 5) is 0. The molecule has 118 valence electrons. The number of hydrogen-bond donors (Lipinski definition) is 1. The van der Waals surface area contributed by atoms with E-state index < -0.39 is 10.0 Å². The molecule has 1 aliphatic heterocycles. The molecule has 2 fully saturated rings. The first kappa shape index (κ1) is 16.2. The van der Waals surface area contributed by atoms with Crippen LogP contribution in [-0.4, -0.2) is 44.7 Å². The highest BCUT2D eigenvalue weighted by molar-refractivity contribution is 7.88. The number of hydrogen-bond acceptors (Lipinski definition) is 3. The van der Waals surface area contributed by atoms with Crippen molar-refractivity contribution in [2.75, 3.05) is 25.9 Å². The maximum atomic E-state index is 11.6. The number of nitrogens with one attached hydrogen (secondary N) is 1. The minimum atomic E-state index is -3.00. The van der Waals surface area contributed by atoms with Crippen molar-refractivity contribution in [2.45, 2.75) is 57.9 Å². The molecular formula is C15H30N2O2S. The van der Waals surface area contributed by atoms with E-state index in [-0.39, 0.29) is 0 Å². The SMILES string of the molecule is CCCNC(CCC1CCCN(S(C)(=O)=O)C1)C1CC1. The van der Waals surface area contributed by atoms with Crippen LogP contribution in [0.4, 0.5) is 0 Å². The summed E-state index contributed by atoms with van der Waals surface area (Å²) in [7, 11) is -3.00. The van der Waals surface area contributed by atoms with Crippen molar-refractivity contribution in [3.8, 4) is 0 Å². The van der Waals surface area contributed by atoms with E-state index in [9.17, 15) is 8.42 Å². The largest absolute Gasteiger partial charge is 0.314 e. The van der Waals surface area contributed by atoms with Crippen LogP contribution in [0, 0.1) is 11.8 Å². The standard InChI is InChI=1S/C15H30N2O2S/c1-3-10-16-15(14-7-8-14)9-6-13-5-4-11-17(12-13)20(2,18)19/h13-16H,3-12H2,1-2H3. The van der Waals surface area contributed by atoms with E-state index in [1.807, 2.05) is 0 Å². The Hall–Kier alpha value is -0.130. The highest BCUT2D eigenvalue weighted by Crippen LogP contribution is 2.35. The van der Waals surface area contributed by atoms with Gasteiger partial charge in [0.25, 0.3) is 0 Å². The molecule has 0 radical (unpaired) electrons. The highest BCUT2D eigenvalue weighted by Gasteiger charge is 2.32. The van der Waals surface area contributed by atoms with Gasteiger partial charge in [-0.25, -0.2) is 12.7 Å². The van der Waals surface area contributed by atoms with E-state index in [0.29, 0.717) is 12.0 Å². The van der Waals surface area contributed by atoms with Gasteiger partial charge in [0.15, 0.2) is 0 Å². The van der Waals surface area contributed by atoms with E-state index >= 15 is 0 Å². The molecule has 0 bridgehead atoms. The summed E-state index contributed by atoms with van der Waals surface area (Å²) < 4.78 is 25.0. The van der Waals surface area contributed by atoms with Gasteiger partial charge in [-0.1, -0.05) is 6.92 Å². The van der Waals surface area contributed by atoms with Crippen LogP contribution in [-0.2, 0) is 10.0 Å². The smallest absolute Gasteiger partial charge is 0.211 e. The van der Waals surface area contributed by atoms with Crippen LogP contribution < -0.4 is 5.32 Å². The summed E-state index contributed by atoms with van der Waals surface area (Å²) in [5, 5.41) is 3.68. The lowest BCUT2D eigenvalue weighted by Gasteiger charge is -2.32. The molecule has 2 rings (SSSR count). The lowest BCUT2D eigenvalue weighted by atomic mass is 9.91. The van der Waals surface area contributed by atoms with E-state index in [4.69, 9.17) is 0 Å². The van der Waals surface area contributed by atoms with Gasteiger partial charge in [0.2, 0.25) is 10.0 Å². The number of sulfonamides is 1. The molecule has 0 aromatic heterocycles. The molecule has 20 heavy (non-hydrogen) atoms. The first-order valence-electron chi connectivity index (χ1n) is 8.19. The normalized spacial score (nSPS) is 26.6. The lowest BCUT2D eigenvalue weighted by Crippen LogP contribution is -2.40. The van der Waals surface area contributed by atoms with Gasteiger partial charge in [-0.2, -0.15) is 0 Å². The predicted octanol–water partition coefficient (Wildman–Crippen LogP) is 2.22. The summed E-state index contributed by atoms with van der Waals surface area (Å²) in [6.07, 6.45) is 9.88. The Kier molecular flexibility index (Phi) is 5.87. The zero-order valence-corrected chi connectivity index (χ0v) is 13.8. The van der Waals surface area contributed by atoms with Crippen LogP contribution in [0.3, 0.4) is 0 Å². The van der Waals surface area contributed by atoms with Crippen LogP contribution in [0.15, 0.2) is 0 Å². The second-order valence-corrected chi connectivity index (χ2v) is 8.59. The molecule has 1 saturated carbocycles. The molecule has 2 unspecified atom stereocenters. The zero-order chi connectivity index (χ0) is 14.6. The van der Waals surface area contributed by atoms with Gasteiger partial charge < -0.3 is 5.32 Å². The second kappa shape index (κ2) is 7.23. The summed E-state index contributed by atoms with van der Waals surface area (Å²) >= 11 is 0. The number of nitrogens with zero attached hydrogens (tertiary/aromatic N) is 1. The van der Waals surface area contributed by atoms with Crippen molar-refractivity contribution in [3.63, 3.8) is 0 Å². The van der Waals surface area contributed by atoms with Gasteiger partial charge in [-0.05, 0) is 63.3 Å². The summed E-state index contributed by atoms with van der Waals surface area (Å²) in [6, 6.07) is 0.670. The Morgan fingerprint density at radius 3 is 2.65 bits per heavy atom. The van der Waals surface area contributed by atoms with Gasteiger partial charge in [0.1, 0.15) is 0 Å². The van der Waals surface area contributed by atoms with E-state index in [2.05, 4.69) is 12.2 Å². The van der Waals surface area contributed by atoms with Crippen LogP contribution in [0.5, 0.6) is 0 Å². The summed E-state index contributed by atoms with van der Waals surface area (Å²) in [6.45, 7) is 4.78. The number of piperidine rings is 1. The molecule has 0 aromatic rings. The zero-order valence-electron chi connectivity index (χ0n) is 13.0. The fraction of sp³-hybridized carbons (Fsp3) is 1.00.